The molecule has 2 nitrogen and oxygen atoms in total. The van der Waals surface area contributed by atoms with Crippen molar-refractivity contribution in [3.63, 3.8) is 0 Å². The summed E-state index contributed by atoms with van der Waals surface area (Å²) in [5.41, 5.74) is 8.94. The topological polar surface area (TPSA) is 29.3 Å². The van der Waals surface area contributed by atoms with Crippen LogP contribution >= 0.6 is 11.3 Å². The van der Waals surface area contributed by atoms with Gasteiger partial charge in [-0.2, -0.15) is 11.3 Å². The standard InChI is InChI=1S/C12H20N2S/c1-9-5-14(4-3-12(9)13)6-11-8-15-7-10(11)2/h7-9,12H,3-6,13H2,1-2H3. The van der Waals surface area contributed by atoms with Crippen LogP contribution in [0.15, 0.2) is 10.8 Å². The average molecular weight is 224 g/mol. The Bertz CT molecular complexity index is 321. The van der Waals surface area contributed by atoms with Gasteiger partial charge in [-0.25, -0.2) is 0 Å². The molecule has 3 heteroatoms. The zero-order chi connectivity index (χ0) is 10.8. The Morgan fingerprint density at radius 1 is 1.53 bits per heavy atom. The highest BCUT2D eigenvalue weighted by molar-refractivity contribution is 7.08. The third-order valence-corrected chi connectivity index (χ3v) is 4.32. The number of nitrogens with two attached hydrogens (primary N) is 1. The van der Waals surface area contributed by atoms with E-state index in [9.17, 15) is 0 Å². The predicted molar refractivity (Wildman–Crippen MR) is 66.1 cm³/mol. The van der Waals surface area contributed by atoms with E-state index in [0.29, 0.717) is 12.0 Å². The molecule has 1 saturated heterocycles. The molecule has 0 aliphatic carbocycles. The molecule has 0 amide bonds. The molecule has 1 fully saturated rings. The molecule has 1 aromatic heterocycles. The summed E-state index contributed by atoms with van der Waals surface area (Å²) in [5.74, 6) is 0.637. The molecule has 0 aromatic carbocycles. The number of rotatable bonds is 2. The largest absolute Gasteiger partial charge is 0.327 e. The van der Waals surface area contributed by atoms with Crippen molar-refractivity contribution in [1.82, 2.24) is 4.90 Å². The number of piperidine rings is 1. The molecule has 0 spiro atoms. The van der Waals surface area contributed by atoms with Crippen molar-refractivity contribution in [2.75, 3.05) is 13.1 Å². The van der Waals surface area contributed by atoms with Gasteiger partial charge in [-0.3, -0.25) is 4.90 Å². The maximum Gasteiger partial charge on any atom is 0.0244 e. The minimum Gasteiger partial charge on any atom is -0.327 e. The number of likely N-dealkylation sites (tertiary alicyclic amines) is 1. The summed E-state index contributed by atoms with van der Waals surface area (Å²) >= 11 is 1.80. The summed E-state index contributed by atoms with van der Waals surface area (Å²) in [4.78, 5) is 2.53. The summed E-state index contributed by atoms with van der Waals surface area (Å²) in [6.45, 7) is 7.87. The van der Waals surface area contributed by atoms with Crippen LogP contribution < -0.4 is 5.73 Å². The van der Waals surface area contributed by atoms with Gasteiger partial charge in [-0.1, -0.05) is 6.92 Å². The smallest absolute Gasteiger partial charge is 0.0244 e. The van der Waals surface area contributed by atoms with Gasteiger partial charge < -0.3 is 5.73 Å². The van der Waals surface area contributed by atoms with Crippen molar-refractivity contribution in [2.45, 2.75) is 32.9 Å². The number of nitrogens with zero attached hydrogens (tertiary/aromatic N) is 1. The van der Waals surface area contributed by atoms with Crippen molar-refractivity contribution in [1.29, 1.82) is 0 Å². The van der Waals surface area contributed by atoms with E-state index in [1.807, 2.05) is 0 Å². The van der Waals surface area contributed by atoms with Crippen LogP contribution in [-0.2, 0) is 6.54 Å². The lowest BCUT2D eigenvalue weighted by Gasteiger charge is -2.35. The minimum atomic E-state index is 0.407. The molecule has 2 heterocycles. The van der Waals surface area contributed by atoms with Gasteiger partial charge in [-0.15, -0.1) is 0 Å². The van der Waals surface area contributed by atoms with E-state index >= 15 is 0 Å². The molecule has 2 atom stereocenters. The van der Waals surface area contributed by atoms with Crippen LogP contribution in [0.1, 0.15) is 24.5 Å². The van der Waals surface area contributed by atoms with Crippen LogP contribution in [0.2, 0.25) is 0 Å². The van der Waals surface area contributed by atoms with Crippen molar-refractivity contribution in [3.8, 4) is 0 Å². The van der Waals surface area contributed by atoms with Gasteiger partial charge in [0.25, 0.3) is 0 Å². The summed E-state index contributed by atoms with van der Waals surface area (Å²) in [5, 5.41) is 4.50. The fraction of sp³-hybridized carbons (Fsp3) is 0.667. The Labute approximate surface area is 96.1 Å². The van der Waals surface area contributed by atoms with Gasteiger partial charge in [0.1, 0.15) is 0 Å². The third kappa shape index (κ3) is 2.60. The van der Waals surface area contributed by atoms with Crippen molar-refractivity contribution < 1.29 is 0 Å². The van der Waals surface area contributed by atoms with E-state index in [4.69, 9.17) is 5.73 Å². The van der Waals surface area contributed by atoms with Crippen LogP contribution in [0.25, 0.3) is 0 Å². The first kappa shape index (κ1) is 11.1. The number of hydrogen-bond donors (Lipinski definition) is 1. The summed E-state index contributed by atoms with van der Waals surface area (Å²) in [6, 6.07) is 0.407. The Hall–Kier alpha value is -0.380. The molecule has 1 aliphatic heterocycles. The average Bonchev–Trinajstić information content (AvgIpc) is 2.59. The lowest BCUT2D eigenvalue weighted by Crippen LogP contribution is -2.45. The first-order chi connectivity index (χ1) is 7.16. The van der Waals surface area contributed by atoms with Crippen molar-refractivity contribution in [2.24, 2.45) is 11.7 Å². The van der Waals surface area contributed by atoms with E-state index in [0.717, 1.165) is 26.1 Å². The molecule has 1 aromatic rings. The zero-order valence-electron chi connectivity index (χ0n) is 9.57. The van der Waals surface area contributed by atoms with Gasteiger partial charge in [0.15, 0.2) is 0 Å². The second-order valence-corrected chi connectivity index (χ2v) is 5.49. The molecular formula is C12H20N2S. The van der Waals surface area contributed by atoms with E-state index in [2.05, 4.69) is 29.5 Å². The molecule has 0 radical (unpaired) electrons. The monoisotopic (exact) mass is 224 g/mol. The molecule has 0 bridgehead atoms. The Balaban J connectivity index is 1.94. The minimum absolute atomic E-state index is 0.407. The highest BCUT2D eigenvalue weighted by Crippen LogP contribution is 2.20. The molecule has 15 heavy (non-hydrogen) atoms. The highest BCUT2D eigenvalue weighted by Gasteiger charge is 2.23. The van der Waals surface area contributed by atoms with Crippen LogP contribution in [0, 0.1) is 12.8 Å². The van der Waals surface area contributed by atoms with Crippen LogP contribution in [0.4, 0.5) is 0 Å². The van der Waals surface area contributed by atoms with Crippen LogP contribution in [-0.4, -0.2) is 24.0 Å². The lowest BCUT2D eigenvalue weighted by atomic mass is 9.94. The van der Waals surface area contributed by atoms with E-state index < -0.39 is 0 Å². The summed E-state index contributed by atoms with van der Waals surface area (Å²) in [6.07, 6.45) is 1.14. The normalized spacial score (nSPS) is 28.2. The summed E-state index contributed by atoms with van der Waals surface area (Å²) < 4.78 is 0. The number of aryl methyl sites for hydroxylation is 1. The fourth-order valence-electron chi connectivity index (χ4n) is 2.18. The summed E-state index contributed by atoms with van der Waals surface area (Å²) in [7, 11) is 0. The maximum absolute atomic E-state index is 6.02. The second-order valence-electron chi connectivity index (χ2n) is 4.74. The first-order valence-electron chi connectivity index (χ1n) is 5.66. The number of thiophene rings is 1. The molecule has 84 valence electrons. The van der Waals surface area contributed by atoms with Gasteiger partial charge >= 0.3 is 0 Å². The Morgan fingerprint density at radius 2 is 2.33 bits per heavy atom. The zero-order valence-corrected chi connectivity index (χ0v) is 10.4. The van der Waals surface area contributed by atoms with E-state index in [-0.39, 0.29) is 0 Å². The van der Waals surface area contributed by atoms with Gasteiger partial charge in [0.2, 0.25) is 0 Å². The van der Waals surface area contributed by atoms with Gasteiger partial charge in [0, 0.05) is 19.1 Å². The highest BCUT2D eigenvalue weighted by atomic mass is 32.1. The quantitative estimate of drug-likeness (QED) is 0.834. The van der Waals surface area contributed by atoms with Gasteiger partial charge in [-0.05, 0) is 47.7 Å². The SMILES string of the molecule is Cc1cscc1CN1CCC(N)C(C)C1. The third-order valence-electron chi connectivity index (χ3n) is 3.41. The van der Waals surface area contributed by atoms with Crippen LogP contribution in [0.5, 0.6) is 0 Å². The van der Waals surface area contributed by atoms with E-state index in [1.54, 1.807) is 11.3 Å². The Morgan fingerprint density at radius 3 is 2.93 bits per heavy atom. The molecule has 0 saturated carbocycles. The first-order valence-corrected chi connectivity index (χ1v) is 6.60. The predicted octanol–water partition coefficient (Wildman–Crippen LogP) is 2.23. The molecule has 2 rings (SSSR count). The molecular weight excluding hydrogens is 204 g/mol. The van der Waals surface area contributed by atoms with Crippen molar-refractivity contribution >= 4 is 11.3 Å². The Kier molecular flexibility index (Phi) is 3.44. The molecule has 2 N–H and O–H groups in total. The maximum atomic E-state index is 6.02. The van der Waals surface area contributed by atoms with Gasteiger partial charge in [0.05, 0.1) is 0 Å². The van der Waals surface area contributed by atoms with Crippen molar-refractivity contribution in [3.05, 3.63) is 21.9 Å². The second kappa shape index (κ2) is 4.64. The fourth-order valence-corrected chi connectivity index (χ4v) is 3.03. The van der Waals surface area contributed by atoms with E-state index in [1.165, 1.54) is 11.1 Å². The molecule has 2 unspecified atom stereocenters. The lowest BCUT2D eigenvalue weighted by molar-refractivity contribution is 0.157. The number of hydrogen-bond acceptors (Lipinski definition) is 3. The van der Waals surface area contributed by atoms with Crippen LogP contribution in [0.3, 0.4) is 0 Å². The molecule has 1 aliphatic rings.